The number of carbonyl (C=O) groups excluding carboxylic acids is 1. The summed E-state index contributed by atoms with van der Waals surface area (Å²) in [5.74, 6) is -0.952. The second-order valence-electron chi connectivity index (χ2n) is 12.8. The van der Waals surface area contributed by atoms with Crippen LogP contribution in [-0.4, -0.2) is 115 Å². The van der Waals surface area contributed by atoms with Gasteiger partial charge in [0.15, 0.2) is 5.65 Å². The van der Waals surface area contributed by atoms with E-state index in [1.165, 1.54) is 22.9 Å². The zero-order valence-electron chi connectivity index (χ0n) is 27.4. The molecule has 2 unspecified atom stereocenters. The van der Waals surface area contributed by atoms with E-state index in [0.717, 1.165) is 39.1 Å². The van der Waals surface area contributed by atoms with Crippen molar-refractivity contribution in [3.05, 3.63) is 54.1 Å². The second kappa shape index (κ2) is 14.6. The predicted molar refractivity (Wildman–Crippen MR) is 179 cm³/mol. The van der Waals surface area contributed by atoms with Crippen LogP contribution in [0.1, 0.15) is 33.1 Å². The Morgan fingerprint density at radius 2 is 1.96 bits per heavy atom. The summed E-state index contributed by atoms with van der Waals surface area (Å²) < 4.78 is 34.6. The van der Waals surface area contributed by atoms with Gasteiger partial charge in [-0.05, 0) is 57.0 Å². The minimum atomic E-state index is -3.07. The lowest BCUT2D eigenvalue weighted by Gasteiger charge is -2.44. The molecule has 2 fully saturated rings. The Balaban J connectivity index is 1.13. The number of aromatic nitrogens is 5. The quantitative estimate of drug-likeness (QED) is 0.214. The molecular weight excluding hydrogens is 660 g/mol. The van der Waals surface area contributed by atoms with E-state index in [4.69, 9.17) is 16.3 Å². The maximum absolute atomic E-state index is 13.5. The molecule has 262 valence electrons. The lowest BCUT2D eigenvalue weighted by Crippen LogP contribution is -2.53. The van der Waals surface area contributed by atoms with Crippen LogP contribution < -0.4 is 10.1 Å². The van der Waals surface area contributed by atoms with E-state index in [-0.39, 0.29) is 35.5 Å². The van der Waals surface area contributed by atoms with Crippen molar-refractivity contribution in [3.8, 4) is 17.0 Å². The van der Waals surface area contributed by atoms with Crippen molar-refractivity contribution >= 4 is 40.5 Å². The standard InChI is InChI=1S/C33H40ClF2N9O4/c1-3-23-18-33(2,31(47)48)7-10-42(23)14-11-41-12-15-43(16-13-41)28(46)21-44-20-26(39-25-19-38-45-9-4-8-37-30(25)45)29(40-44)24-17-22(34)5-6-27(24)49-32(35)36/h4-6,8-9,17,19-20,23,32,39H,3,7,10-16,18,21H2,1-2H3,(H,47,48). The fraction of sp³-hybridized carbons (Fsp3) is 0.485. The molecule has 0 aliphatic carbocycles. The number of anilines is 2. The Kier molecular flexibility index (Phi) is 10.3. The summed E-state index contributed by atoms with van der Waals surface area (Å²) in [5, 5.41) is 22.2. The molecule has 1 aromatic carbocycles. The molecule has 5 heterocycles. The van der Waals surface area contributed by atoms with Crippen molar-refractivity contribution in [2.45, 2.75) is 52.3 Å². The van der Waals surface area contributed by atoms with Gasteiger partial charge in [0.1, 0.15) is 23.7 Å². The number of carboxylic acids is 1. The summed E-state index contributed by atoms with van der Waals surface area (Å²) in [6.45, 7) is 5.85. The van der Waals surface area contributed by atoms with Crippen LogP contribution in [0.2, 0.25) is 5.02 Å². The van der Waals surface area contributed by atoms with Gasteiger partial charge in [-0.25, -0.2) is 9.50 Å². The Labute approximate surface area is 287 Å². The van der Waals surface area contributed by atoms with E-state index in [9.17, 15) is 23.5 Å². The van der Waals surface area contributed by atoms with E-state index in [1.54, 1.807) is 40.3 Å². The van der Waals surface area contributed by atoms with Gasteiger partial charge >= 0.3 is 12.6 Å². The number of rotatable bonds is 12. The lowest BCUT2D eigenvalue weighted by molar-refractivity contribution is -0.152. The number of carboxylic acid groups (broad SMARTS) is 1. The largest absolute Gasteiger partial charge is 0.481 e. The number of piperazine rings is 1. The normalized spacial score (nSPS) is 20.6. The third kappa shape index (κ3) is 7.78. The summed E-state index contributed by atoms with van der Waals surface area (Å²) in [4.78, 5) is 36.2. The number of ether oxygens (including phenoxy) is 1. The minimum Gasteiger partial charge on any atom is -0.481 e. The first-order valence-corrected chi connectivity index (χ1v) is 16.8. The summed E-state index contributed by atoms with van der Waals surface area (Å²) in [6.07, 6.45) is 8.80. The van der Waals surface area contributed by atoms with Gasteiger partial charge in [0.2, 0.25) is 5.91 Å². The van der Waals surface area contributed by atoms with Gasteiger partial charge in [-0.1, -0.05) is 18.5 Å². The number of amides is 1. The fourth-order valence-electron chi connectivity index (χ4n) is 6.68. The first kappa shape index (κ1) is 34.5. The van der Waals surface area contributed by atoms with Crippen molar-refractivity contribution in [2.24, 2.45) is 5.41 Å². The van der Waals surface area contributed by atoms with E-state index in [0.29, 0.717) is 48.0 Å². The van der Waals surface area contributed by atoms with E-state index in [1.807, 2.05) is 6.92 Å². The number of benzene rings is 1. The molecule has 0 saturated carbocycles. The average molecular weight is 700 g/mol. The number of alkyl halides is 2. The molecule has 2 atom stereocenters. The van der Waals surface area contributed by atoms with Crippen LogP contribution in [0, 0.1) is 5.41 Å². The zero-order valence-corrected chi connectivity index (χ0v) is 28.2. The van der Waals surface area contributed by atoms with Crippen LogP contribution in [0.5, 0.6) is 5.75 Å². The number of fused-ring (bicyclic) bond motifs is 1. The van der Waals surface area contributed by atoms with Crippen molar-refractivity contribution in [3.63, 3.8) is 0 Å². The molecule has 2 aliphatic heterocycles. The Bertz CT molecular complexity index is 1790. The van der Waals surface area contributed by atoms with Crippen molar-refractivity contribution in [1.29, 1.82) is 0 Å². The van der Waals surface area contributed by atoms with Gasteiger partial charge in [0, 0.05) is 74.5 Å². The molecule has 0 bridgehead atoms. The third-order valence-electron chi connectivity index (χ3n) is 9.59. The topological polar surface area (TPSA) is 133 Å². The number of aliphatic carboxylic acids is 1. The van der Waals surface area contributed by atoms with Gasteiger partial charge in [-0.3, -0.25) is 24.1 Å². The first-order valence-electron chi connectivity index (χ1n) is 16.4. The van der Waals surface area contributed by atoms with Gasteiger partial charge in [0.05, 0.1) is 17.3 Å². The lowest BCUT2D eigenvalue weighted by atomic mass is 9.76. The maximum atomic E-state index is 13.5. The smallest absolute Gasteiger partial charge is 0.387 e. The number of piperidine rings is 1. The van der Waals surface area contributed by atoms with Crippen molar-refractivity contribution in [2.75, 3.05) is 51.1 Å². The maximum Gasteiger partial charge on any atom is 0.387 e. The zero-order chi connectivity index (χ0) is 34.7. The number of nitrogens with one attached hydrogen (secondary N) is 1. The molecule has 3 aromatic heterocycles. The molecule has 4 aromatic rings. The molecule has 0 radical (unpaired) electrons. The Morgan fingerprint density at radius 1 is 1.16 bits per heavy atom. The first-order chi connectivity index (χ1) is 23.5. The highest BCUT2D eigenvalue weighted by atomic mass is 35.5. The molecule has 2 saturated heterocycles. The van der Waals surface area contributed by atoms with Crippen LogP contribution in [0.25, 0.3) is 16.9 Å². The number of likely N-dealkylation sites (tertiary alicyclic amines) is 1. The highest BCUT2D eigenvalue weighted by Crippen LogP contribution is 2.39. The minimum absolute atomic E-state index is 0.0679. The molecule has 13 nitrogen and oxygen atoms in total. The molecule has 16 heteroatoms. The monoisotopic (exact) mass is 699 g/mol. The van der Waals surface area contributed by atoms with Gasteiger partial charge in [0.25, 0.3) is 0 Å². The van der Waals surface area contributed by atoms with Crippen LogP contribution in [0.15, 0.2) is 49.1 Å². The molecule has 2 aliphatic rings. The number of carbonyl (C=O) groups is 2. The van der Waals surface area contributed by atoms with Crippen LogP contribution in [0.4, 0.5) is 20.2 Å². The molecule has 6 rings (SSSR count). The molecule has 1 amide bonds. The summed E-state index contributed by atoms with van der Waals surface area (Å²) >= 11 is 6.27. The highest BCUT2D eigenvalue weighted by molar-refractivity contribution is 6.31. The predicted octanol–water partition coefficient (Wildman–Crippen LogP) is 4.70. The van der Waals surface area contributed by atoms with Crippen molar-refractivity contribution < 1.29 is 28.2 Å². The molecule has 2 N–H and O–H groups in total. The SMILES string of the molecule is CCC1CC(C)(C(=O)O)CCN1CCN1CCN(C(=O)Cn2cc(Nc3cnn4cccnc34)c(-c3cc(Cl)ccc3OC(F)F)n2)CC1. The van der Waals surface area contributed by atoms with E-state index in [2.05, 4.69) is 37.2 Å². The number of halogens is 3. The highest BCUT2D eigenvalue weighted by Gasteiger charge is 2.41. The molecule has 0 spiro atoms. The van der Waals surface area contributed by atoms with Gasteiger partial charge < -0.3 is 20.1 Å². The van der Waals surface area contributed by atoms with Crippen LogP contribution in [-0.2, 0) is 16.1 Å². The number of hydrogen-bond donors (Lipinski definition) is 2. The fourth-order valence-corrected chi connectivity index (χ4v) is 6.86. The summed E-state index contributed by atoms with van der Waals surface area (Å²) in [7, 11) is 0. The Hall–Kier alpha value is -4.34. The molecule has 49 heavy (non-hydrogen) atoms. The number of nitrogens with zero attached hydrogens (tertiary/aromatic N) is 8. The molecular formula is C33H40ClF2N9O4. The Morgan fingerprint density at radius 3 is 2.69 bits per heavy atom. The van der Waals surface area contributed by atoms with Crippen LogP contribution >= 0.6 is 11.6 Å². The van der Waals surface area contributed by atoms with Gasteiger partial charge in [-0.15, -0.1) is 0 Å². The van der Waals surface area contributed by atoms with E-state index < -0.39 is 18.0 Å². The third-order valence-corrected chi connectivity index (χ3v) is 9.82. The van der Waals surface area contributed by atoms with Crippen molar-refractivity contribution in [1.82, 2.24) is 39.1 Å². The summed E-state index contributed by atoms with van der Waals surface area (Å²) in [6, 6.07) is 6.28. The van der Waals surface area contributed by atoms with Gasteiger partial charge in [-0.2, -0.15) is 19.0 Å². The average Bonchev–Trinajstić information content (AvgIpc) is 3.68. The second-order valence-corrected chi connectivity index (χ2v) is 13.3. The van der Waals surface area contributed by atoms with Crippen LogP contribution in [0.3, 0.4) is 0 Å². The van der Waals surface area contributed by atoms with E-state index >= 15 is 0 Å². The summed E-state index contributed by atoms with van der Waals surface area (Å²) in [5.41, 5.74) is 1.33. The number of hydrogen-bond acceptors (Lipinski definition) is 9.